The lowest BCUT2D eigenvalue weighted by Crippen LogP contribution is -2.51. The van der Waals surface area contributed by atoms with Crippen LogP contribution in [0.25, 0.3) is 0 Å². The zero-order chi connectivity index (χ0) is 16.9. The molecular weight excluding hydrogens is 300 g/mol. The lowest BCUT2D eigenvalue weighted by atomic mass is 9.89. The van der Waals surface area contributed by atoms with Crippen LogP contribution in [0.5, 0.6) is 5.75 Å². The van der Waals surface area contributed by atoms with Crippen LogP contribution in [0.2, 0.25) is 0 Å². The van der Waals surface area contributed by atoms with Gasteiger partial charge in [-0.2, -0.15) is 0 Å². The summed E-state index contributed by atoms with van der Waals surface area (Å²) < 4.78 is 5.58. The summed E-state index contributed by atoms with van der Waals surface area (Å²) in [5.74, 6) is 2.23. The van der Waals surface area contributed by atoms with Crippen molar-refractivity contribution in [1.82, 2.24) is 10.2 Å². The van der Waals surface area contributed by atoms with Gasteiger partial charge in [-0.25, -0.2) is 0 Å². The van der Waals surface area contributed by atoms with E-state index >= 15 is 0 Å². The van der Waals surface area contributed by atoms with E-state index in [1.54, 1.807) is 0 Å². The Hall–Kier alpha value is -1.55. The van der Waals surface area contributed by atoms with Crippen LogP contribution in [-0.2, 0) is 11.3 Å². The molecule has 1 aromatic rings. The molecule has 0 spiro atoms. The average Bonchev–Trinajstić information content (AvgIpc) is 3.45. The van der Waals surface area contributed by atoms with Crippen LogP contribution in [0.1, 0.15) is 45.1 Å². The Labute approximate surface area is 145 Å². The largest absolute Gasteiger partial charge is 0.494 e. The molecule has 0 bridgehead atoms. The lowest BCUT2D eigenvalue weighted by Gasteiger charge is -2.39. The highest BCUT2D eigenvalue weighted by Gasteiger charge is 2.37. The normalized spacial score (nSPS) is 24.0. The molecule has 1 heterocycles. The van der Waals surface area contributed by atoms with E-state index in [4.69, 9.17) is 4.74 Å². The van der Waals surface area contributed by atoms with Crippen LogP contribution in [0.3, 0.4) is 0 Å². The van der Waals surface area contributed by atoms with Gasteiger partial charge in [-0.1, -0.05) is 25.5 Å². The Morgan fingerprint density at radius 3 is 2.83 bits per heavy atom. The van der Waals surface area contributed by atoms with Gasteiger partial charge in [0, 0.05) is 31.6 Å². The van der Waals surface area contributed by atoms with Gasteiger partial charge < -0.3 is 15.0 Å². The van der Waals surface area contributed by atoms with Crippen LogP contribution in [-0.4, -0.2) is 36.5 Å². The summed E-state index contributed by atoms with van der Waals surface area (Å²) in [6.07, 6.45) is 4.38. The summed E-state index contributed by atoms with van der Waals surface area (Å²) in [4.78, 5) is 14.4. The van der Waals surface area contributed by atoms with Crippen LogP contribution >= 0.6 is 0 Å². The maximum absolute atomic E-state index is 12.3. The molecule has 1 saturated carbocycles. The topological polar surface area (TPSA) is 41.6 Å². The first-order chi connectivity index (χ1) is 11.7. The number of ether oxygens (including phenoxy) is 1. The van der Waals surface area contributed by atoms with E-state index in [2.05, 4.69) is 35.3 Å². The fraction of sp³-hybridized carbons (Fsp3) is 0.650. The first-order valence-electron chi connectivity index (χ1n) is 9.45. The number of hydrogen-bond acceptors (Lipinski definition) is 3. The molecule has 1 amide bonds. The fourth-order valence-corrected chi connectivity index (χ4v) is 3.66. The third kappa shape index (κ3) is 4.29. The minimum atomic E-state index is 0.341. The molecule has 1 aliphatic carbocycles. The highest BCUT2D eigenvalue weighted by molar-refractivity contribution is 5.81. The molecule has 2 atom stereocenters. The highest BCUT2D eigenvalue weighted by Crippen LogP contribution is 2.33. The molecule has 0 unspecified atom stereocenters. The van der Waals surface area contributed by atoms with E-state index in [1.807, 2.05) is 13.0 Å². The standard InChI is InChI=1S/C20H30N2O2/c1-3-16-14-22(20(23)17-8-9-17)11-10-19(16)21-13-15-6-5-7-18(12-15)24-4-2/h5-7,12,16-17,19,21H,3-4,8-11,13-14H2,1-2H3/t16-,19+/m0/s1. The summed E-state index contributed by atoms with van der Waals surface area (Å²) in [7, 11) is 0. The Morgan fingerprint density at radius 1 is 1.29 bits per heavy atom. The molecule has 2 fully saturated rings. The van der Waals surface area contributed by atoms with Crippen molar-refractivity contribution in [1.29, 1.82) is 0 Å². The summed E-state index contributed by atoms with van der Waals surface area (Å²) in [6, 6.07) is 8.81. The molecule has 3 rings (SSSR count). The van der Waals surface area contributed by atoms with Gasteiger partial charge in [0.1, 0.15) is 5.75 Å². The van der Waals surface area contributed by atoms with Gasteiger partial charge in [-0.3, -0.25) is 4.79 Å². The molecule has 0 radical (unpaired) electrons. The molecule has 24 heavy (non-hydrogen) atoms. The molecule has 1 aromatic carbocycles. The summed E-state index contributed by atoms with van der Waals surface area (Å²) >= 11 is 0. The van der Waals surface area contributed by atoms with Crippen molar-refractivity contribution in [2.24, 2.45) is 11.8 Å². The van der Waals surface area contributed by atoms with Crippen LogP contribution in [0.15, 0.2) is 24.3 Å². The number of likely N-dealkylation sites (tertiary alicyclic amines) is 1. The summed E-state index contributed by atoms with van der Waals surface area (Å²) in [5, 5.41) is 3.72. The third-order valence-electron chi connectivity index (χ3n) is 5.27. The minimum Gasteiger partial charge on any atom is -0.494 e. The van der Waals surface area contributed by atoms with Gasteiger partial charge in [0.05, 0.1) is 6.61 Å². The number of hydrogen-bond donors (Lipinski definition) is 1. The number of benzene rings is 1. The first kappa shape index (κ1) is 17.3. The monoisotopic (exact) mass is 330 g/mol. The van der Waals surface area contributed by atoms with E-state index in [0.717, 1.165) is 51.1 Å². The number of amides is 1. The van der Waals surface area contributed by atoms with E-state index in [0.29, 0.717) is 30.4 Å². The predicted molar refractivity (Wildman–Crippen MR) is 95.9 cm³/mol. The van der Waals surface area contributed by atoms with Crippen molar-refractivity contribution in [3.8, 4) is 5.75 Å². The maximum Gasteiger partial charge on any atom is 0.225 e. The molecule has 1 aliphatic heterocycles. The molecule has 1 N–H and O–H groups in total. The third-order valence-corrected chi connectivity index (χ3v) is 5.27. The highest BCUT2D eigenvalue weighted by atomic mass is 16.5. The van der Waals surface area contributed by atoms with Gasteiger partial charge >= 0.3 is 0 Å². The van der Waals surface area contributed by atoms with E-state index in [1.165, 1.54) is 5.56 Å². The number of carbonyl (C=O) groups is 1. The zero-order valence-electron chi connectivity index (χ0n) is 15.0. The fourth-order valence-electron chi connectivity index (χ4n) is 3.66. The zero-order valence-corrected chi connectivity index (χ0v) is 15.0. The van der Waals surface area contributed by atoms with Crippen molar-refractivity contribution < 1.29 is 9.53 Å². The molecular formula is C20H30N2O2. The summed E-state index contributed by atoms with van der Waals surface area (Å²) in [5.41, 5.74) is 1.26. The molecule has 4 heteroatoms. The molecule has 1 saturated heterocycles. The van der Waals surface area contributed by atoms with E-state index < -0.39 is 0 Å². The van der Waals surface area contributed by atoms with Crippen molar-refractivity contribution in [2.45, 2.75) is 52.1 Å². The number of piperidine rings is 1. The van der Waals surface area contributed by atoms with Gasteiger partial charge in [0.15, 0.2) is 0 Å². The SMILES string of the molecule is CCOc1cccc(CN[C@@H]2CCN(C(=O)C3CC3)C[C@@H]2CC)c1. The van der Waals surface area contributed by atoms with Crippen LogP contribution < -0.4 is 10.1 Å². The quantitative estimate of drug-likeness (QED) is 0.835. The summed E-state index contributed by atoms with van der Waals surface area (Å²) in [6.45, 7) is 7.62. The minimum absolute atomic E-state index is 0.341. The van der Waals surface area contributed by atoms with Crippen molar-refractivity contribution >= 4 is 5.91 Å². The number of nitrogens with zero attached hydrogens (tertiary/aromatic N) is 1. The van der Waals surface area contributed by atoms with Crippen LogP contribution in [0, 0.1) is 11.8 Å². The van der Waals surface area contributed by atoms with Gasteiger partial charge in [0.25, 0.3) is 0 Å². The molecule has 2 aliphatic rings. The number of nitrogens with one attached hydrogen (secondary N) is 1. The van der Waals surface area contributed by atoms with E-state index in [9.17, 15) is 4.79 Å². The average molecular weight is 330 g/mol. The Bertz CT molecular complexity index is 556. The molecule has 0 aromatic heterocycles. The van der Waals surface area contributed by atoms with E-state index in [-0.39, 0.29) is 0 Å². The predicted octanol–water partition coefficient (Wildman–Crippen LogP) is 3.21. The van der Waals surface area contributed by atoms with Gasteiger partial charge in [0.2, 0.25) is 5.91 Å². The smallest absolute Gasteiger partial charge is 0.225 e. The Morgan fingerprint density at radius 2 is 2.12 bits per heavy atom. The second-order valence-corrected chi connectivity index (χ2v) is 7.08. The van der Waals surface area contributed by atoms with Crippen molar-refractivity contribution in [3.63, 3.8) is 0 Å². The maximum atomic E-state index is 12.3. The van der Waals surface area contributed by atoms with Crippen molar-refractivity contribution in [2.75, 3.05) is 19.7 Å². The molecule has 132 valence electrons. The first-order valence-corrected chi connectivity index (χ1v) is 9.45. The van der Waals surface area contributed by atoms with Gasteiger partial charge in [-0.05, 0) is 49.8 Å². The second kappa shape index (κ2) is 8.02. The molecule has 4 nitrogen and oxygen atoms in total. The lowest BCUT2D eigenvalue weighted by molar-refractivity contribution is -0.134. The van der Waals surface area contributed by atoms with Crippen molar-refractivity contribution in [3.05, 3.63) is 29.8 Å². The number of carbonyl (C=O) groups excluding carboxylic acids is 1. The second-order valence-electron chi connectivity index (χ2n) is 7.08. The van der Waals surface area contributed by atoms with Gasteiger partial charge in [-0.15, -0.1) is 0 Å². The van der Waals surface area contributed by atoms with Crippen LogP contribution in [0.4, 0.5) is 0 Å². The Kier molecular flexibility index (Phi) is 5.77. The Balaban J connectivity index is 1.53. The number of rotatable bonds is 7.